The summed E-state index contributed by atoms with van der Waals surface area (Å²) < 4.78 is 38.9. The largest absolute Gasteiger partial charge is 0.416 e. The van der Waals surface area contributed by atoms with Gasteiger partial charge in [0, 0.05) is 0 Å². The third-order valence-electron chi connectivity index (χ3n) is 4.47. The van der Waals surface area contributed by atoms with E-state index in [0.29, 0.717) is 11.1 Å². The van der Waals surface area contributed by atoms with E-state index in [1.807, 2.05) is 6.07 Å². The van der Waals surface area contributed by atoms with E-state index >= 15 is 0 Å². The fourth-order valence-electron chi connectivity index (χ4n) is 2.91. The number of alkyl halides is 3. The molecule has 8 heteroatoms. The van der Waals surface area contributed by atoms with Crippen LogP contribution in [0.1, 0.15) is 29.2 Å². The summed E-state index contributed by atoms with van der Waals surface area (Å²) in [5.74, 6) is -0.642. The van der Waals surface area contributed by atoms with Crippen molar-refractivity contribution >= 4 is 11.9 Å². The molecule has 0 aromatic heterocycles. The number of rotatable bonds is 3. The van der Waals surface area contributed by atoms with Gasteiger partial charge in [-0.1, -0.05) is 24.3 Å². The summed E-state index contributed by atoms with van der Waals surface area (Å²) in [6, 6.07) is 12.0. The lowest BCUT2D eigenvalue weighted by Gasteiger charge is -2.23. The zero-order valence-electron chi connectivity index (χ0n) is 14.2. The lowest BCUT2D eigenvalue weighted by Crippen LogP contribution is -2.41. The Morgan fingerprint density at radius 3 is 2.41 bits per heavy atom. The van der Waals surface area contributed by atoms with Crippen LogP contribution in [0.4, 0.5) is 18.0 Å². The Bertz CT molecular complexity index is 948. The summed E-state index contributed by atoms with van der Waals surface area (Å²) >= 11 is 0. The minimum absolute atomic E-state index is 0.0507. The van der Waals surface area contributed by atoms with E-state index in [0.717, 1.165) is 17.0 Å². The van der Waals surface area contributed by atoms with Crippen LogP contribution in [0.2, 0.25) is 0 Å². The van der Waals surface area contributed by atoms with Crippen molar-refractivity contribution in [3.8, 4) is 6.07 Å². The standard InChI is InChI=1S/C19H14F3N3O2/c1-18(14-3-2-4-15(9-14)19(20,21)22)16(26)25(17(27)24-18)11-13-7-5-12(10-23)6-8-13/h2-9H,11H2,1H3,(H,24,27). The van der Waals surface area contributed by atoms with Crippen LogP contribution in [0.15, 0.2) is 48.5 Å². The third kappa shape index (κ3) is 3.36. The fourth-order valence-corrected chi connectivity index (χ4v) is 2.91. The SMILES string of the molecule is CC1(c2cccc(C(F)(F)F)c2)NC(=O)N(Cc2ccc(C#N)cc2)C1=O. The van der Waals surface area contributed by atoms with Crippen molar-refractivity contribution in [1.29, 1.82) is 5.26 Å². The van der Waals surface area contributed by atoms with Gasteiger partial charge in [0.2, 0.25) is 0 Å². The smallest absolute Gasteiger partial charge is 0.319 e. The Morgan fingerprint density at radius 2 is 1.81 bits per heavy atom. The summed E-state index contributed by atoms with van der Waals surface area (Å²) in [6.45, 7) is 1.33. The molecule has 0 saturated carbocycles. The van der Waals surface area contributed by atoms with Crippen molar-refractivity contribution in [1.82, 2.24) is 10.2 Å². The molecule has 1 unspecified atom stereocenters. The second-order valence-corrected chi connectivity index (χ2v) is 6.33. The molecule has 3 rings (SSSR count). The van der Waals surface area contributed by atoms with Gasteiger partial charge in [-0.2, -0.15) is 18.4 Å². The van der Waals surface area contributed by atoms with Crippen LogP contribution in [0.25, 0.3) is 0 Å². The average molecular weight is 373 g/mol. The number of amides is 3. The number of carbonyl (C=O) groups excluding carboxylic acids is 2. The van der Waals surface area contributed by atoms with E-state index in [1.54, 1.807) is 24.3 Å². The van der Waals surface area contributed by atoms with Crippen molar-refractivity contribution in [3.63, 3.8) is 0 Å². The molecule has 1 N–H and O–H groups in total. The molecular formula is C19H14F3N3O2. The maximum absolute atomic E-state index is 13.0. The highest BCUT2D eigenvalue weighted by molar-refractivity contribution is 6.07. The van der Waals surface area contributed by atoms with Crippen LogP contribution in [0, 0.1) is 11.3 Å². The van der Waals surface area contributed by atoms with Crippen LogP contribution in [-0.4, -0.2) is 16.8 Å². The molecule has 0 aliphatic carbocycles. The van der Waals surface area contributed by atoms with Crippen molar-refractivity contribution in [2.45, 2.75) is 25.2 Å². The molecular weight excluding hydrogens is 359 g/mol. The molecule has 27 heavy (non-hydrogen) atoms. The van der Waals surface area contributed by atoms with Crippen LogP contribution >= 0.6 is 0 Å². The Balaban J connectivity index is 1.89. The normalized spacial score (nSPS) is 19.7. The van der Waals surface area contributed by atoms with E-state index < -0.39 is 29.2 Å². The number of urea groups is 1. The first-order valence-corrected chi connectivity index (χ1v) is 7.96. The monoisotopic (exact) mass is 373 g/mol. The topological polar surface area (TPSA) is 73.2 Å². The molecule has 1 fully saturated rings. The number of nitrogens with one attached hydrogen (secondary N) is 1. The number of benzene rings is 2. The first kappa shape index (κ1) is 18.5. The minimum atomic E-state index is -4.56. The lowest BCUT2D eigenvalue weighted by atomic mass is 9.90. The molecule has 1 aliphatic rings. The van der Waals surface area contributed by atoms with Gasteiger partial charge in [0.05, 0.1) is 23.7 Å². The molecule has 2 aromatic rings. The van der Waals surface area contributed by atoms with Gasteiger partial charge in [-0.25, -0.2) is 4.79 Å². The quantitative estimate of drug-likeness (QED) is 0.837. The van der Waals surface area contributed by atoms with Crippen molar-refractivity contribution < 1.29 is 22.8 Å². The van der Waals surface area contributed by atoms with Crippen molar-refractivity contribution in [2.24, 2.45) is 0 Å². The highest BCUT2D eigenvalue weighted by Gasteiger charge is 2.49. The number of hydrogen-bond donors (Lipinski definition) is 1. The predicted octanol–water partition coefficient (Wildman–Crippen LogP) is 3.54. The number of carbonyl (C=O) groups is 2. The van der Waals surface area contributed by atoms with Gasteiger partial charge in [-0.3, -0.25) is 9.69 Å². The Labute approximate surface area is 153 Å². The van der Waals surface area contributed by atoms with Crippen LogP contribution in [0.3, 0.4) is 0 Å². The van der Waals surface area contributed by atoms with E-state index in [1.165, 1.54) is 19.1 Å². The van der Waals surface area contributed by atoms with Gasteiger partial charge in [-0.15, -0.1) is 0 Å². The van der Waals surface area contributed by atoms with Gasteiger partial charge in [0.15, 0.2) is 0 Å². The molecule has 2 aromatic carbocycles. The zero-order valence-corrected chi connectivity index (χ0v) is 14.2. The Kier molecular flexibility index (Phi) is 4.39. The zero-order chi connectivity index (χ0) is 19.8. The molecule has 1 atom stereocenters. The average Bonchev–Trinajstić information content (AvgIpc) is 2.86. The first-order chi connectivity index (χ1) is 12.6. The van der Waals surface area contributed by atoms with Gasteiger partial charge >= 0.3 is 12.2 Å². The number of imide groups is 1. The summed E-state index contributed by atoms with van der Waals surface area (Å²) in [4.78, 5) is 26.1. The second-order valence-electron chi connectivity index (χ2n) is 6.33. The van der Waals surface area contributed by atoms with Crippen molar-refractivity contribution in [2.75, 3.05) is 0 Å². The Morgan fingerprint density at radius 1 is 1.15 bits per heavy atom. The predicted molar refractivity (Wildman–Crippen MR) is 89.0 cm³/mol. The molecule has 1 heterocycles. The minimum Gasteiger partial charge on any atom is -0.319 e. The maximum Gasteiger partial charge on any atom is 0.416 e. The van der Waals surface area contributed by atoms with Crippen LogP contribution in [-0.2, 0) is 23.1 Å². The first-order valence-electron chi connectivity index (χ1n) is 7.96. The molecule has 5 nitrogen and oxygen atoms in total. The summed E-state index contributed by atoms with van der Waals surface area (Å²) in [6.07, 6.45) is -4.56. The van der Waals surface area contributed by atoms with E-state index in [-0.39, 0.29) is 12.1 Å². The second kappa shape index (κ2) is 6.43. The van der Waals surface area contributed by atoms with Crippen LogP contribution in [0.5, 0.6) is 0 Å². The Hall–Kier alpha value is -3.34. The molecule has 1 aliphatic heterocycles. The molecule has 0 bridgehead atoms. The molecule has 1 saturated heterocycles. The van der Waals surface area contributed by atoms with E-state index in [2.05, 4.69) is 5.32 Å². The fraction of sp³-hybridized carbons (Fsp3) is 0.211. The van der Waals surface area contributed by atoms with Crippen LogP contribution < -0.4 is 5.32 Å². The summed E-state index contributed by atoms with van der Waals surface area (Å²) in [5.41, 5.74) is -1.38. The molecule has 138 valence electrons. The van der Waals surface area contributed by atoms with Gasteiger partial charge in [-0.05, 0) is 42.3 Å². The highest BCUT2D eigenvalue weighted by Crippen LogP contribution is 2.35. The van der Waals surface area contributed by atoms with Gasteiger partial charge < -0.3 is 5.32 Å². The molecule has 0 spiro atoms. The lowest BCUT2D eigenvalue weighted by molar-refractivity contribution is -0.138. The van der Waals surface area contributed by atoms with Gasteiger partial charge in [0.1, 0.15) is 5.54 Å². The highest BCUT2D eigenvalue weighted by atomic mass is 19.4. The molecule has 3 amide bonds. The summed E-state index contributed by atoms with van der Waals surface area (Å²) in [7, 11) is 0. The number of nitriles is 1. The van der Waals surface area contributed by atoms with Gasteiger partial charge in [0.25, 0.3) is 5.91 Å². The number of halogens is 3. The van der Waals surface area contributed by atoms with E-state index in [4.69, 9.17) is 5.26 Å². The maximum atomic E-state index is 13.0. The molecule has 0 radical (unpaired) electrons. The van der Waals surface area contributed by atoms with E-state index in [9.17, 15) is 22.8 Å². The number of hydrogen-bond acceptors (Lipinski definition) is 3. The van der Waals surface area contributed by atoms with Crippen molar-refractivity contribution in [3.05, 3.63) is 70.8 Å². The third-order valence-corrected chi connectivity index (χ3v) is 4.47. The number of nitrogens with zero attached hydrogens (tertiary/aromatic N) is 2. The summed E-state index contributed by atoms with van der Waals surface area (Å²) in [5, 5.41) is 11.3.